The van der Waals surface area contributed by atoms with Crippen molar-refractivity contribution >= 4 is 22.7 Å². The van der Waals surface area contributed by atoms with Crippen LogP contribution in [0.25, 0.3) is 0 Å². The summed E-state index contributed by atoms with van der Waals surface area (Å²) in [5.74, 6) is 0.867. The Bertz CT molecular complexity index is 745. The number of aromatic nitrogens is 2. The number of aryl methyl sites for hydroxylation is 1. The van der Waals surface area contributed by atoms with Gasteiger partial charge in [0.25, 0.3) is 0 Å². The smallest absolute Gasteiger partial charge is 0.317 e. The monoisotopic (exact) mass is 387 g/mol. The SMILES string of the molecule is CCCCNC(=O)N1CCN(c2nc(Cc3ccc(C)cc3)ns2)CC1C. The molecule has 0 aliphatic carbocycles. The number of carbonyl (C=O) groups is 1. The number of hydrogen-bond donors (Lipinski definition) is 1. The Labute approximate surface area is 165 Å². The fourth-order valence-electron chi connectivity index (χ4n) is 3.24. The lowest BCUT2D eigenvalue weighted by Gasteiger charge is -2.39. The van der Waals surface area contributed by atoms with E-state index in [-0.39, 0.29) is 12.1 Å². The van der Waals surface area contributed by atoms with E-state index < -0.39 is 0 Å². The topological polar surface area (TPSA) is 61.4 Å². The number of nitrogens with one attached hydrogen (secondary N) is 1. The van der Waals surface area contributed by atoms with Gasteiger partial charge in [0.2, 0.25) is 5.13 Å². The standard InChI is InChI=1S/C20H29N5OS/c1-4-5-10-21-19(26)25-12-11-24(14-16(25)3)20-22-18(23-27-20)13-17-8-6-15(2)7-9-17/h6-9,16H,4-5,10-14H2,1-3H3,(H,21,26). The van der Waals surface area contributed by atoms with Crippen molar-refractivity contribution in [2.75, 3.05) is 31.1 Å². The van der Waals surface area contributed by atoms with Crippen LogP contribution in [-0.2, 0) is 6.42 Å². The summed E-state index contributed by atoms with van der Waals surface area (Å²) in [4.78, 5) is 21.2. The third kappa shape index (κ3) is 5.19. The van der Waals surface area contributed by atoms with Crippen molar-refractivity contribution in [3.8, 4) is 0 Å². The average Bonchev–Trinajstić information content (AvgIpc) is 3.12. The molecule has 0 saturated carbocycles. The largest absolute Gasteiger partial charge is 0.343 e. The Balaban J connectivity index is 1.55. The minimum absolute atomic E-state index is 0.0490. The molecule has 1 aromatic heterocycles. The molecule has 1 saturated heterocycles. The molecule has 1 N–H and O–H groups in total. The van der Waals surface area contributed by atoms with Crippen molar-refractivity contribution in [2.24, 2.45) is 0 Å². The summed E-state index contributed by atoms with van der Waals surface area (Å²) in [6, 6.07) is 8.71. The van der Waals surface area contributed by atoms with Gasteiger partial charge in [-0.15, -0.1) is 0 Å². The Kier molecular flexibility index (Phi) is 6.66. The van der Waals surface area contributed by atoms with Gasteiger partial charge in [-0.3, -0.25) is 0 Å². The van der Waals surface area contributed by atoms with Gasteiger partial charge in [0.1, 0.15) is 5.82 Å². The highest BCUT2D eigenvalue weighted by Gasteiger charge is 2.28. The van der Waals surface area contributed by atoms with Crippen LogP contribution in [0.3, 0.4) is 0 Å². The van der Waals surface area contributed by atoms with E-state index in [2.05, 4.69) is 59.6 Å². The summed E-state index contributed by atoms with van der Waals surface area (Å²) in [6.07, 6.45) is 2.87. The first-order chi connectivity index (χ1) is 13.1. The van der Waals surface area contributed by atoms with Gasteiger partial charge in [-0.25, -0.2) is 9.78 Å². The highest BCUT2D eigenvalue weighted by molar-refractivity contribution is 7.09. The molecule has 0 radical (unpaired) electrons. The highest BCUT2D eigenvalue weighted by atomic mass is 32.1. The van der Waals surface area contributed by atoms with Crippen LogP contribution in [-0.4, -0.2) is 52.5 Å². The van der Waals surface area contributed by atoms with E-state index in [1.165, 1.54) is 22.7 Å². The molecule has 1 fully saturated rings. The van der Waals surface area contributed by atoms with E-state index in [1.807, 2.05) is 4.90 Å². The molecule has 146 valence electrons. The normalized spacial score (nSPS) is 17.2. The van der Waals surface area contributed by atoms with E-state index in [0.29, 0.717) is 6.54 Å². The van der Waals surface area contributed by atoms with Crippen LogP contribution in [0, 0.1) is 6.92 Å². The van der Waals surface area contributed by atoms with Crippen LogP contribution in [0.1, 0.15) is 43.6 Å². The molecule has 27 heavy (non-hydrogen) atoms. The number of unbranched alkanes of at least 4 members (excludes halogenated alkanes) is 1. The van der Waals surface area contributed by atoms with Crippen LogP contribution in [0.4, 0.5) is 9.93 Å². The molecular weight excluding hydrogens is 358 g/mol. The van der Waals surface area contributed by atoms with Crippen molar-refractivity contribution < 1.29 is 4.79 Å². The van der Waals surface area contributed by atoms with Gasteiger partial charge in [-0.1, -0.05) is 43.2 Å². The fraction of sp³-hybridized carbons (Fsp3) is 0.550. The van der Waals surface area contributed by atoms with Crippen molar-refractivity contribution in [3.63, 3.8) is 0 Å². The van der Waals surface area contributed by atoms with Crippen LogP contribution < -0.4 is 10.2 Å². The molecule has 7 heteroatoms. The first-order valence-corrected chi connectivity index (χ1v) is 10.5. The first kappa shape index (κ1) is 19.6. The summed E-state index contributed by atoms with van der Waals surface area (Å²) < 4.78 is 4.53. The summed E-state index contributed by atoms with van der Waals surface area (Å²) in [5, 5.41) is 3.97. The highest BCUT2D eigenvalue weighted by Crippen LogP contribution is 2.22. The van der Waals surface area contributed by atoms with Gasteiger partial charge in [-0.05, 0) is 25.8 Å². The number of amides is 2. The van der Waals surface area contributed by atoms with Gasteiger partial charge in [0, 0.05) is 50.2 Å². The second-order valence-electron chi connectivity index (χ2n) is 7.23. The molecule has 1 unspecified atom stereocenters. The second kappa shape index (κ2) is 9.17. The molecule has 6 nitrogen and oxygen atoms in total. The van der Waals surface area contributed by atoms with Crippen LogP contribution in [0.5, 0.6) is 0 Å². The minimum atomic E-state index is 0.0490. The zero-order chi connectivity index (χ0) is 19.2. The second-order valence-corrected chi connectivity index (χ2v) is 7.96. The molecule has 1 aliphatic heterocycles. The zero-order valence-electron chi connectivity index (χ0n) is 16.4. The summed E-state index contributed by atoms with van der Waals surface area (Å²) in [7, 11) is 0. The van der Waals surface area contributed by atoms with Crippen molar-refractivity contribution in [1.29, 1.82) is 0 Å². The third-order valence-electron chi connectivity index (χ3n) is 4.91. The number of piperazine rings is 1. The number of carbonyl (C=O) groups excluding carboxylic acids is 1. The van der Waals surface area contributed by atoms with Gasteiger partial charge < -0.3 is 15.1 Å². The lowest BCUT2D eigenvalue weighted by Crippen LogP contribution is -2.56. The Morgan fingerprint density at radius 1 is 1.30 bits per heavy atom. The van der Waals surface area contributed by atoms with Crippen LogP contribution in [0.2, 0.25) is 0 Å². The molecule has 1 aliphatic rings. The fourth-order valence-corrected chi connectivity index (χ4v) is 3.96. The number of urea groups is 1. The summed E-state index contributed by atoms with van der Waals surface area (Å²) in [6.45, 7) is 9.37. The van der Waals surface area contributed by atoms with E-state index in [1.54, 1.807) is 0 Å². The third-order valence-corrected chi connectivity index (χ3v) is 5.72. The van der Waals surface area contributed by atoms with E-state index in [9.17, 15) is 4.79 Å². The van der Waals surface area contributed by atoms with Gasteiger partial charge >= 0.3 is 6.03 Å². The predicted molar refractivity (Wildman–Crippen MR) is 111 cm³/mol. The molecule has 2 heterocycles. The minimum Gasteiger partial charge on any atom is -0.343 e. The molecule has 0 bridgehead atoms. The number of benzene rings is 1. The Morgan fingerprint density at radius 3 is 2.78 bits per heavy atom. The van der Waals surface area contributed by atoms with Crippen molar-refractivity contribution in [2.45, 2.75) is 46.1 Å². The quantitative estimate of drug-likeness (QED) is 0.771. The molecule has 0 spiro atoms. The summed E-state index contributed by atoms with van der Waals surface area (Å²) >= 11 is 1.45. The van der Waals surface area contributed by atoms with Gasteiger partial charge in [-0.2, -0.15) is 4.37 Å². The molecule has 2 amide bonds. The molecule has 2 aromatic rings. The Hall–Kier alpha value is -2.15. The Morgan fingerprint density at radius 2 is 2.07 bits per heavy atom. The predicted octanol–water partition coefficient (Wildman–Crippen LogP) is 3.46. The number of hydrogen-bond acceptors (Lipinski definition) is 5. The maximum absolute atomic E-state index is 12.3. The van der Waals surface area contributed by atoms with Crippen molar-refractivity contribution in [1.82, 2.24) is 19.6 Å². The average molecular weight is 388 g/mol. The van der Waals surface area contributed by atoms with Gasteiger partial charge in [0.15, 0.2) is 0 Å². The van der Waals surface area contributed by atoms with Gasteiger partial charge in [0.05, 0.1) is 0 Å². The number of rotatable bonds is 6. The summed E-state index contributed by atoms with van der Waals surface area (Å²) in [5.41, 5.74) is 2.49. The molecular formula is C20H29N5OS. The number of nitrogens with zero attached hydrogens (tertiary/aromatic N) is 4. The lowest BCUT2D eigenvalue weighted by atomic mass is 10.1. The van der Waals surface area contributed by atoms with E-state index >= 15 is 0 Å². The van der Waals surface area contributed by atoms with Crippen molar-refractivity contribution in [3.05, 3.63) is 41.2 Å². The van der Waals surface area contributed by atoms with Crippen LogP contribution >= 0.6 is 11.5 Å². The van der Waals surface area contributed by atoms with E-state index in [4.69, 9.17) is 4.98 Å². The maximum atomic E-state index is 12.3. The first-order valence-electron chi connectivity index (χ1n) is 9.74. The zero-order valence-corrected chi connectivity index (χ0v) is 17.3. The number of anilines is 1. The lowest BCUT2D eigenvalue weighted by molar-refractivity contribution is 0.171. The van der Waals surface area contributed by atoms with Crippen LogP contribution in [0.15, 0.2) is 24.3 Å². The molecule has 3 rings (SSSR count). The molecule has 1 aromatic carbocycles. The maximum Gasteiger partial charge on any atom is 0.317 e. The van der Waals surface area contributed by atoms with E-state index in [0.717, 1.165) is 49.9 Å². The molecule has 1 atom stereocenters.